The molecule has 0 atom stereocenters. The smallest absolute Gasteiger partial charge is 0.264 e. The number of hydrogen-bond donors (Lipinski definition) is 1. The van der Waals surface area contributed by atoms with Crippen LogP contribution >= 0.6 is 35.0 Å². The minimum absolute atomic E-state index is 0.191. The van der Waals surface area contributed by atoms with E-state index in [1.54, 1.807) is 18.2 Å². The van der Waals surface area contributed by atoms with Crippen LogP contribution in [0.1, 0.15) is 11.1 Å². The van der Waals surface area contributed by atoms with Gasteiger partial charge in [0.1, 0.15) is 0 Å². The van der Waals surface area contributed by atoms with Crippen molar-refractivity contribution in [3.05, 3.63) is 117 Å². The maximum absolute atomic E-state index is 12.7. The number of amides is 1. The van der Waals surface area contributed by atoms with Crippen molar-refractivity contribution in [1.82, 2.24) is 9.88 Å². The molecular formula is C29H19Cl2N3OS. The number of rotatable bonds is 4. The van der Waals surface area contributed by atoms with Crippen LogP contribution in [0, 0.1) is 0 Å². The molecule has 2 heterocycles. The number of nitrogens with zero attached hydrogens (tertiary/aromatic N) is 2. The van der Waals surface area contributed by atoms with Crippen LogP contribution in [0.3, 0.4) is 0 Å². The van der Waals surface area contributed by atoms with Gasteiger partial charge in [-0.2, -0.15) is 0 Å². The molecule has 0 unspecified atom stereocenters. The van der Waals surface area contributed by atoms with Gasteiger partial charge in [-0.05, 0) is 58.4 Å². The molecular weight excluding hydrogens is 509 g/mol. The first-order chi connectivity index (χ1) is 17.5. The fraction of sp³-hybridized carbons (Fsp3) is 0.0345. The fourth-order valence-electron chi connectivity index (χ4n) is 4.36. The molecule has 1 aliphatic heterocycles. The summed E-state index contributed by atoms with van der Waals surface area (Å²) in [6, 6.07) is 28.4. The molecule has 1 saturated heterocycles. The number of thioether (sulfide) groups is 1. The zero-order valence-corrected chi connectivity index (χ0v) is 21.2. The summed E-state index contributed by atoms with van der Waals surface area (Å²) < 4.78 is 2.23. The summed E-state index contributed by atoms with van der Waals surface area (Å²) in [6.45, 7) is 0.730. The van der Waals surface area contributed by atoms with E-state index in [1.807, 2.05) is 18.2 Å². The molecule has 0 saturated carbocycles. The highest BCUT2D eigenvalue weighted by molar-refractivity contribution is 8.18. The molecule has 4 aromatic carbocycles. The quantitative estimate of drug-likeness (QED) is 0.240. The van der Waals surface area contributed by atoms with Crippen LogP contribution in [0.5, 0.6) is 0 Å². The Balaban J connectivity index is 1.33. The Kier molecular flexibility index (Phi) is 6.05. The molecule has 0 radical (unpaired) electrons. The Morgan fingerprint density at radius 1 is 0.917 bits per heavy atom. The summed E-state index contributed by atoms with van der Waals surface area (Å²) in [5, 5.41) is 7.61. The van der Waals surface area contributed by atoms with E-state index in [1.165, 1.54) is 28.1 Å². The van der Waals surface area contributed by atoms with E-state index < -0.39 is 0 Å². The SMILES string of the molecule is O=C1NC(=Nc2cccc(Cl)c2Cl)S/C1=C/c1cn(Cc2ccc3ccccc3c2)c2ccccc12. The van der Waals surface area contributed by atoms with Crippen molar-refractivity contribution in [2.75, 3.05) is 0 Å². The van der Waals surface area contributed by atoms with Crippen molar-refractivity contribution in [3.63, 3.8) is 0 Å². The fourth-order valence-corrected chi connectivity index (χ4v) is 5.53. The minimum atomic E-state index is -0.191. The summed E-state index contributed by atoms with van der Waals surface area (Å²) >= 11 is 13.6. The van der Waals surface area contributed by atoms with Gasteiger partial charge in [0.2, 0.25) is 0 Å². The second-order valence-corrected chi connectivity index (χ2v) is 10.3. The Morgan fingerprint density at radius 3 is 2.61 bits per heavy atom. The van der Waals surface area contributed by atoms with Crippen molar-refractivity contribution in [3.8, 4) is 0 Å². The first-order valence-corrected chi connectivity index (χ1v) is 12.9. The lowest BCUT2D eigenvalue weighted by Gasteiger charge is -2.07. The number of hydrogen-bond acceptors (Lipinski definition) is 3. The second kappa shape index (κ2) is 9.51. The van der Waals surface area contributed by atoms with Crippen LogP contribution in [-0.2, 0) is 11.3 Å². The summed E-state index contributed by atoms with van der Waals surface area (Å²) in [5.41, 5.74) is 3.82. The summed E-state index contributed by atoms with van der Waals surface area (Å²) in [6.07, 6.45) is 4.02. The maximum atomic E-state index is 12.7. The van der Waals surface area contributed by atoms with Gasteiger partial charge in [0, 0.05) is 29.2 Å². The van der Waals surface area contributed by atoms with Crippen molar-refractivity contribution in [2.24, 2.45) is 4.99 Å². The van der Waals surface area contributed by atoms with Crippen LogP contribution in [0.25, 0.3) is 27.8 Å². The van der Waals surface area contributed by atoms with Crippen molar-refractivity contribution in [1.29, 1.82) is 0 Å². The van der Waals surface area contributed by atoms with Crippen LogP contribution < -0.4 is 5.32 Å². The largest absolute Gasteiger partial charge is 0.342 e. The lowest BCUT2D eigenvalue weighted by molar-refractivity contribution is -0.115. The highest BCUT2D eigenvalue weighted by atomic mass is 35.5. The van der Waals surface area contributed by atoms with E-state index in [-0.39, 0.29) is 5.91 Å². The van der Waals surface area contributed by atoms with E-state index in [2.05, 4.69) is 75.7 Å². The van der Waals surface area contributed by atoms with E-state index in [0.717, 1.165) is 23.0 Å². The van der Waals surface area contributed by atoms with Crippen molar-refractivity contribution in [2.45, 2.75) is 6.54 Å². The zero-order chi connectivity index (χ0) is 24.6. The third-order valence-corrected chi connectivity index (χ3v) is 7.80. The molecule has 1 N–H and O–H groups in total. The highest BCUT2D eigenvalue weighted by Gasteiger charge is 2.25. The number of amidine groups is 1. The number of nitrogens with one attached hydrogen (secondary N) is 1. The standard InChI is InChI=1S/C29H19Cl2N3OS/c30-23-9-5-10-24(27(23)31)32-29-33-28(35)26(36-29)15-21-17-34(25-11-4-3-8-22(21)25)16-18-12-13-19-6-1-2-7-20(19)14-18/h1-15,17H,16H2,(H,32,33,35)/b26-15+. The van der Waals surface area contributed by atoms with Crippen LogP contribution in [0.4, 0.5) is 5.69 Å². The van der Waals surface area contributed by atoms with Gasteiger partial charge < -0.3 is 9.88 Å². The number of carbonyl (C=O) groups is 1. The van der Waals surface area contributed by atoms with E-state index in [0.29, 0.717) is 25.8 Å². The Bertz CT molecular complexity index is 1720. The molecule has 1 aliphatic rings. The molecule has 0 aliphatic carbocycles. The maximum Gasteiger partial charge on any atom is 0.264 e. The van der Waals surface area contributed by atoms with Gasteiger partial charge in [0.05, 0.1) is 20.6 Å². The topological polar surface area (TPSA) is 46.4 Å². The minimum Gasteiger partial charge on any atom is -0.342 e. The zero-order valence-electron chi connectivity index (χ0n) is 18.9. The normalized spacial score (nSPS) is 15.9. The first kappa shape index (κ1) is 22.9. The number of halogens is 2. The number of aliphatic imine (C=N–C) groups is 1. The van der Waals surface area contributed by atoms with Gasteiger partial charge in [-0.25, -0.2) is 4.99 Å². The Hall–Kier alpha value is -3.51. The number of carbonyl (C=O) groups excluding carboxylic acids is 1. The van der Waals surface area contributed by atoms with E-state index >= 15 is 0 Å². The van der Waals surface area contributed by atoms with Gasteiger partial charge in [-0.1, -0.05) is 83.9 Å². The molecule has 4 nitrogen and oxygen atoms in total. The van der Waals surface area contributed by atoms with Crippen LogP contribution in [-0.4, -0.2) is 15.6 Å². The highest BCUT2D eigenvalue weighted by Crippen LogP contribution is 2.35. The number of fused-ring (bicyclic) bond motifs is 2. The van der Waals surface area contributed by atoms with Gasteiger partial charge in [-0.3, -0.25) is 4.79 Å². The molecule has 176 valence electrons. The van der Waals surface area contributed by atoms with Crippen LogP contribution in [0.15, 0.2) is 101 Å². The molecule has 0 spiro atoms. The molecule has 1 fully saturated rings. The lowest BCUT2D eigenvalue weighted by Crippen LogP contribution is -2.19. The van der Waals surface area contributed by atoms with Gasteiger partial charge in [0.15, 0.2) is 5.17 Å². The summed E-state index contributed by atoms with van der Waals surface area (Å²) in [4.78, 5) is 17.8. The first-order valence-electron chi connectivity index (χ1n) is 11.3. The summed E-state index contributed by atoms with van der Waals surface area (Å²) in [7, 11) is 0. The molecule has 5 aromatic rings. The molecule has 1 aromatic heterocycles. The van der Waals surface area contributed by atoms with E-state index in [4.69, 9.17) is 23.2 Å². The molecule has 0 bridgehead atoms. The van der Waals surface area contributed by atoms with Crippen molar-refractivity contribution < 1.29 is 4.79 Å². The number of benzene rings is 4. The third-order valence-electron chi connectivity index (χ3n) is 6.08. The third kappa shape index (κ3) is 4.42. The number of aromatic nitrogens is 1. The Morgan fingerprint density at radius 2 is 1.72 bits per heavy atom. The average Bonchev–Trinajstić information content (AvgIpc) is 3.41. The number of para-hydroxylation sites is 1. The second-order valence-electron chi connectivity index (χ2n) is 8.47. The molecule has 6 rings (SSSR count). The monoisotopic (exact) mass is 527 g/mol. The van der Waals surface area contributed by atoms with E-state index in [9.17, 15) is 4.79 Å². The average molecular weight is 528 g/mol. The molecule has 36 heavy (non-hydrogen) atoms. The summed E-state index contributed by atoms with van der Waals surface area (Å²) in [5.74, 6) is -0.191. The predicted octanol–water partition coefficient (Wildman–Crippen LogP) is 8.04. The molecule has 1 amide bonds. The van der Waals surface area contributed by atoms with Crippen molar-refractivity contribution >= 4 is 79.5 Å². The van der Waals surface area contributed by atoms with Gasteiger partial charge in [0.25, 0.3) is 5.91 Å². The van der Waals surface area contributed by atoms with Gasteiger partial charge >= 0.3 is 0 Å². The Labute approximate surface area is 222 Å². The predicted molar refractivity (Wildman–Crippen MR) is 152 cm³/mol. The van der Waals surface area contributed by atoms with Gasteiger partial charge in [-0.15, -0.1) is 0 Å². The van der Waals surface area contributed by atoms with Crippen LogP contribution in [0.2, 0.25) is 10.0 Å². The molecule has 7 heteroatoms. The lowest BCUT2D eigenvalue weighted by atomic mass is 10.1.